The van der Waals surface area contributed by atoms with E-state index in [0.29, 0.717) is 36.9 Å². The van der Waals surface area contributed by atoms with Gasteiger partial charge < -0.3 is 5.32 Å². The summed E-state index contributed by atoms with van der Waals surface area (Å²) in [6, 6.07) is 6.29. The second-order valence-electron chi connectivity index (χ2n) is 6.67. The molecule has 1 aliphatic rings. The van der Waals surface area contributed by atoms with Gasteiger partial charge in [0.2, 0.25) is 15.9 Å². The number of carbonyl (C=O) groups excluding carboxylic acids is 1. The van der Waals surface area contributed by atoms with Crippen LogP contribution in [-0.2, 0) is 14.8 Å². The van der Waals surface area contributed by atoms with Gasteiger partial charge >= 0.3 is 0 Å². The summed E-state index contributed by atoms with van der Waals surface area (Å²) < 4.78 is 26.7. The second kappa shape index (κ2) is 7.85. The molecule has 134 valence electrons. The van der Waals surface area contributed by atoms with Crippen LogP contribution < -0.4 is 5.32 Å². The molecule has 0 unspecified atom stereocenters. The molecular formula is C17H25ClN2O3S. The predicted molar refractivity (Wildman–Crippen MR) is 95.4 cm³/mol. The van der Waals surface area contributed by atoms with Gasteiger partial charge in [-0.3, -0.25) is 4.79 Å². The van der Waals surface area contributed by atoms with E-state index in [1.165, 1.54) is 16.4 Å². The van der Waals surface area contributed by atoms with Crippen molar-refractivity contribution in [1.82, 2.24) is 9.62 Å². The lowest BCUT2D eigenvalue weighted by Crippen LogP contribution is -2.45. The van der Waals surface area contributed by atoms with Crippen LogP contribution in [0.5, 0.6) is 0 Å². The smallest absolute Gasteiger partial charge is 0.243 e. The van der Waals surface area contributed by atoms with E-state index in [4.69, 9.17) is 11.6 Å². The minimum atomic E-state index is -3.52. The summed E-state index contributed by atoms with van der Waals surface area (Å²) in [7, 11) is -3.52. The van der Waals surface area contributed by atoms with Gasteiger partial charge in [-0.2, -0.15) is 4.31 Å². The zero-order valence-corrected chi connectivity index (χ0v) is 15.9. The summed E-state index contributed by atoms with van der Waals surface area (Å²) in [5.41, 5.74) is 0. The average molecular weight is 373 g/mol. The summed E-state index contributed by atoms with van der Waals surface area (Å²) >= 11 is 5.81. The highest BCUT2D eigenvalue weighted by atomic mass is 35.5. The van der Waals surface area contributed by atoms with Gasteiger partial charge in [-0.05, 0) is 49.9 Å². The molecule has 1 fully saturated rings. The molecule has 5 nitrogen and oxygen atoms in total. The van der Waals surface area contributed by atoms with Gasteiger partial charge in [0, 0.05) is 30.1 Å². The van der Waals surface area contributed by atoms with Crippen molar-refractivity contribution in [3.05, 3.63) is 29.3 Å². The predicted octanol–water partition coefficient (Wildman–Crippen LogP) is 2.90. The SMILES string of the molecule is CC(C)[C@H](C)NC(=O)C1CCN(S(=O)(=O)c2ccc(Cl)cc2)CC1. The van der Waals surface area contributed by atoms with Gasteiger partial charge in [0.15, 0.2) is 0 Å². The van der Waals surface area contributed by atoms with Crippen molar-refractivity contribution in [2.45, 2.75) is 44.6 Å². The number of carbonyl (C=O) groups is 1. The van der Waals surface area contributed by atoms with Gasteiger partial charge in [-0.1, -0.05) is 25.4 Å². The Morgan fingerprint density at radius 2 is 1.71 bits per heavy atom. The standard InChI is InChI=1S/C17H25ClN2O3S/c1-12(2)13(3)19-17(21)14-8-10-20(11-9-14)24(22,23)16-6-4-15(18)5-7-16/h4-7,12-14H,8-11H2,1-3H3,(H,19,21)/t13-/m0/s1. The highest BCUT2D eigenvalue weighted by Gasteiger charge is 2.32. The highest BCUT2D eigenvalue weighted by Crippen LogP contribution is 2.25. The van der Waals surface area contributed by atoms with Crippen molar-refractivity contribution < 1.29 is 13.2 Å². The molecule has 1 atom stereocenters. The molecule has 0 bridgehead atoms. The van der Waals surface area contributed by atoms with Crippen LogP contribution in [0, 0.1) is 11.8 Å². The number of hydrogen-bond acceptors (Lipinski definition) is 3. The lowest BCUT2D eigenvalue weighted by Gasteiger charge is -2.31. The van der Waals surface area contributed by atoms with Gasteiger partial charge in [-0.15, -0.1) is 0 Å². The van der Waals surface area contributed by atoms with E-state index in [-0.39, 0.29) is 22.8 Å². The van der Waals surface area contributed by atoms with Crippen molar-refractivity contribution in [1.29, 1.82) is 0 Å². The lowest BCUT2D eigenvalue weighted by molar-refractivity contribution is -0.127. The maximum Gasteiger partial charge on any atom is 0.243 e. The van der Waals surface area contributed by atoms with Crippen molar-refractivity contribution in [3.8, 4) is 0 Å². The maximum atomic E-state index is 12.6. The number of halogens is 1. The van der Waals surface area contributed by atoms with Crippen LogP contribution in [-0.4, -0.2) is 37.8 Å². The Morgan fingerprint density at radius 1 is 1.17 bits per heavy atom. The number of rotatable bonds is 5. The molecule has 1 heterocycles. The lowest BCUT2D eigenvalue weighted by atomic mass is 9.96. The summed E-state index contributed by atoms with van der Waals surface area (Å²) in [5, 5.41) is 3.52. The highest BCUT2D eigenvalue weighted by molar-refractivity contribution is 7.89. The van der Waals surface area contributed by atoms with Gasteiger partial charge in [-0.25, -0.2) is 8.42 Å². The molecule has 0 saturated carbocycles. The molecule has 0 aromatic heterocycles. The summed E-state index contributed by atoms with van der Waals surface area (Å²) in [6.07, 6.45) is 1.09. The number of nitrogens with one attached hydrogen (secondary N) is 1. The first kappa shape index (κ1) is 19.2. The normalized spacial score (nSPS) is 18.5. The monoisotopic (exact) mass is 372 g/mol. The number of sulfonamides is 1. The Labute approximate surface area is 149 Å². The Morgan fingerprint density at radius 3 is 2.21 bits per heavy atom. The van der Waals surface area contributed by atoms with Crippen molar-refractivity contribution in [2.24, 2.45) is 11.8 Å². The second-order valence-corrected chi connectivity index (χ2v) is 9.05. The van der Waals surface area contributed by atoms with Crippen LogP contribution >= 0.6 is 11.6 Å². The third-order valence-electron chi connectivity index (χ3n) is 4.65. The van der Waals surface area contributed by atoms with E-state index < -0.39 is 10.0 Å². The number of nitrogens with zero attached hydrogens (tertiary/aromatic N) is 1. The fourth-order valence-electron chi connectivity index (χ4n) is 2.62. The third kappa shape index (κ3) is 4.49. The summed E-state index contributed by atoms with van der Waals surface area (Å²) in [5.74, 6) is 0.280. The fourth-order valence-corrected chi connectivity index (χ4v) is 4.22. The van der Waals surface area contributed by atoms with E-state index in [0.717, 1.165) is 0 Å². The number of hydrogen-bond donors (Lipinski definition) is 1. The largest absolute Gasteiger partial charge is 0.353 e. The molecule has 1 aliphatic heterocycles. The zero-order valence-electron chi connectivity index (χ0n) is 14.3. The molecule has 1 amide bonds. The fraction of sp³-hybridized carbons (Fsp3) is 0.588. The molecule has 1 aromatic rings. The first-order valence-electron chi connectivity index (χ1n) is 8.28. The molecule has 7 heteroatoms. The molecule has 0 spiro atoms. The molecule has 0 aliphatic carbocycles. The minimum absolute atomic E-state index is 0.0275. The number of amides is 1. The maximum absolute atomic E-state index is 12.6. The number of benzene rings is 1. The van der Waals surface area contributed by atoms with Crippen LogP contribution in [0.3, 0.4) is 0 Å². The quantitative estimate of drug-likeness (QED) is 0.864. The first-order chi connectivity index (χ1) is 11.2. The van der Waals surface area contributed by atoms with Crippen LogP contribution in [0.2, 0.25) is 5.02 Å². The van der Waals surface area contributed by atoms with Crippen LogP contribution in [0.15, 0.2) is 29.2 Å². The van der Waals surface area contributed by atoms with E-state index in [1.54, 1.807) is 12.1 Å². The van der Waals surface area contributed by atoms with Gasteiger partial charge in [0.1, 0.15) is 0 Å². The average Bonchev–Trinajstić information content (AvgIpc) is 2.55. The Bertz CT molecular complexity index is 666. The van der Waals surface area contributed by atoms with Crippen molar-refractivity contribution in [2.75, 3.05) is 13.1 Å². The molecule has 0 radical (unpaired) electrons. The van der Waals surface area contributed by atoms with Crippen LogP contribution in [0.1, 0.15) is 33.6 Å². The summed E-state index contributed by atoms with van der Waals surface area (Å²) in [6.45, 7) is 6.83. The third-order valence-corrected chi connectivity index (χ3v) is 6.81. The topological polar surface area (TPSA) is 66.5 Å². The Kier molecular flexibility index (Phi) is 6.28. The number of piperidine rings is 1. The molecule has 24 heavy (non-hydrogen) atoms. The molecular weight excluding hydrogens is 348 g/mol. The Hall–Kier alpha value is -1.11. The molecule has 2 rings (SSSR count). The van der Waals surface area contributed by atoms with E-state index in [2.05, 4.69) is 19.2 Å². The minimum Gasteiger partial charge on any atom is -0.353 e. The molecule has 1 saturated heterocycles. The van der Waals surface area contributed by atoms with E-state index in [9.17, 15) is 13.2 Å². The summed E-state index contributed by atoms with van der Waals surface area (Å²) in [4.78, 5) is 12.5. The molecule has 1 N–H and O–H groups in total. The van der Waals surface area contributed by atoms with Crippen LogP contribution in [0.25, 0.3) is 0 Å². The van der Waals surface area contributed by atoms with E-state index in [1.807, 2.05) is 6.92 Å². The first-order valence-corrected chi connectivity index (χ1v) is 10.1. The Balaban J connectivity index is 1.97. The molecule has 1 aromatic carbocycles. The zero-order chi connectivity index (χ0) is 17.9. The van der Waals surface area contributed by atoms with Crippen LogP contribution in [0.4, 0.5) is 0 Å². The van der Waals surface area contributed by atoms with Gasteiger partial charge in [0.25, 0.3) is 0 Å². The van der Waals surface area contributed by atoms with Crippen molar-refractivity contribution >= 4 is 27.5 Å². The van der Waals surface area contributed by atoms with Crippen molar-refractivity contribution in [3.63, 3.8) is 0 Å². The van der Waals surface area contributed by atoms with E-state index >= 15 is 0 Å². The van der Waals surface area contributed by atoms with Gasteiger partial charge in [0.05, 0.1) is 4.90 Å².